The Bertz CT molecular complexity index is 845. The number of carbonyl (C=O) groups excluding carboxylic acids is 2. The lowest BCUT2D eigenvalue weighted by atomic mass is 10.0. The number of hydrogen-bond donors (Lipinski definition) is 3. The maximum absolute atomic E-state index is 13.3. The molecule has 1 aromatic heterocycles. The molecule has 2 aromatic rings. The first-order valence-corrected chi connectivity index (χ1v) is 10.9. The first-order valence-electron chi connectivity index (χ1n) is 10.0. The van der Waals surface area contributed by atoms with Crippen molar-refractivity contribution in [2.45, 2.75) is 13.8 Å². The van der Waals surface area contributed by atoms with Gasteiger partial charge in [-0.15, -0.1) is 11.3 Å². The number of carbonyl (C=O) groups is 2. The fourth-order valence-electron chi connectivity index (χ4n) is 3.58. The number of rotatable bonds is 7. The maximum Gasteiger partial charge on any atom is 0.341 e. The highest BCUT2D eigenvalue weighted by Crippen LogP contribution is 2.36. The Hall–Kier alpha value is -2.29. The fourth-order valence-corrected chi connectivity index (χ4v) is 4.56. The summed E-state index contributed by atoms with van der Waals surface area (Å²) < 4.78 is 18.5. The minimum absolute atomic E-state index is 0.113. The Morgan fingerprint density at radius 2 is 1.76 bits per heavy atom. The van der Waals surface area contributed by atoms with Crippen molar-refractivity contribution in [1.82, 2.24) is 0 Å². The smallest absolute Gasteiger partial charge is 0.341 e. The van der Waals surface area contributed by atoms with E-state index in [1.165, 1.54) is 28.4 Å². The van der Waals surface area contributed by atoms with Crippen LogP contribution in [-0.4, -0.2) is 57.8 Å². The highest BCUT2D eigenvalue weighted by Gasteiger charge is 2.26. The number of ether oxygens (including phenoxy) is 1. The molecule has 0 aliphatic carbocycles. The van der Waals surface area contributed by atoms with Gasteiger partial charge in [0.15, 0.2) is 6.54 Å². The summed E-state index contributed by atoms with van der Waals surface area (Å²) in [6.07, 6.45) is 0. The molecule has 1 amide bonds. The van der Waals surface area contributed by atoms with Crippen LogP contribution in [0.2, 0.25) is 0 Å². The van der Waals surface area contributed by atoms with Crippen molar-refractivity contribution in [3.05, 3.63) is 41.0 Å². The first-order chi connectivity index (χ1) is 14.0. The van der Waals surface area contributed by atoms with Crippen LogP contribution in [0.5, 0.6) is 0 Å². The van der Waals surface area contributed by atoms with Gasteiger partial charge in [0.25, 0.3) is 5.91 Å². The molecular weight excluding hydrogens is 393 g/mol. The van der Waals surface area contributed by atoms with E-state index in [9.17, 15) is 14.0 Å². The Kier molecular flexibility index (Phi) is 7.35. The first kappa shape index (κ1) is 21.4. The number of quaternary nitrogens is 2. The van der Waals surface area contributed by atoms with Crippen molar-refractivity contribution in [1.29, 1.82) is 0 Å². The van der Waals surface area contributed by atoms with E-state index in [-0.39, 0.29) is 18.3 Å². The predicted octanol–water partition coefficient (Wildman–Crippen LogP) is 0.473. The SMILES string of the molecule is CCOC(=O)c1c(-c2ccc(F)cc2)csc1NC(=O)C[NH+]1CC[NH+](CC)CC1. The number of piperazine rings is 1. The van der Waals surface area contributed by atoms with Crippen molar-refractivity contribution >= 4 is 28.2 Å². The summed E-state index contributed by atoms with van der Waals surface area (Å²) in [5, 5.41) is 5.17. The van der Waals surface area contributed by atoms with E-state index in [2.05, 4.69) is 12.2 Å². The van der Waals surface area contributed by atoms with E-state index in [0.29, 0.717) is 28.2 Å². The molecule has 156 valence electrons. The van der Waals surface area contributed by atoms with Crippen LogP contribution in [0.25, 0.3) is 11.1 Å². The lowest BCUT2D eigenvalue weighted by Crippen LogP contribution is -3.28. The van der Waals surface area contributed by atoms with Gasteiger partial charge in [0.2, 0.25) is 0 Å². The van der Waals surface area contributed by atoms with Gasteiger partial charge in [0.1, 0.15) is 42.6 Å². The van der Waals surface area contributed by atoms with Crippen molar-refractivity contribution in [3.8, 4) is 11.1 Å². The molecule has 0 atom stereocenters. The number of halogens is 1. The third-order valence-electron chi connectivity index (χ3n) is 5.25. The summed E-state index contributed by atoms with van der Waals surface area (Å²) in [4.78, 5) is 28.0. The summed E-state index contributed by atoms with van der Waals surface area (Å²) in [7, 11) is 0. The van der Waals surface area contributed by atoms with E-state index in [0.717, 1.165) is 32.7 Å². The number of likely N-dealkylation sites (N-methyl/N-ethyl adjacent to an activating group) is 1. The highest BCUT2D eigenvalue weighted by atomic mass is 32.1. The number of hydrogen-bond acceptors (Lipinski definition) is 4. The molecule has 0 radical (unpaired) electrons. The van der Waals surface area contributed by atoms with E-state index in [1.54, 1.807) is 29.3 Å². The Balaban J connectivity index is 1.75. The van der Waals surface area contributed by atoms with Crippen LogP contribution in [0.4, 0.5) is 9.39 Å². The third-order valence-corrected chi connectivity index (χ3v) is 6.15. The number of amides is 1. The lowest BCUT2D eigenvalue weighted by molar-refractivity contribution is -1.01. The fraction of sp³-hybridized carbons (Fsp3) is 0.429. The molecule has 3 N–H and O–H groups in total. The zero-order valence-corrected chi connectivity index (χ0v) is 17.7. The van der Waals surface area contributed by atoms with Gasteiger partial charge in [0, 0.05) is 10.9 Å². The topological polar surface area (TPSA) is 64.3 Å². The van der Waals surface area contributed by atoms with Crippen molar-refractivity contribution in [2.24, 2.45) is 0 Å². The van der Waals surface area contributed by atoms with Crippen molar-refractivity contribution in [2.75, 3.05) is 51.2 Å². The second-order valence-corrected chi connectivity index (χ2v) is 8.04. The molecule has 0 saturated carbocycles. The van der Waals surface area contributed by atoms with E-state index in [1.807, 2.05) is 0 Å². The van der Waals surface area contributed by atoms with Gasteiger partial charge in [-0.2, -0.15) is 0 Å². The monoisotopic (exact) mass is 421 g/mol. The second kappa shape index (κ2) is 9.96. The lowest BCUT2D eigenvalue weighted by Gasteiger charge is -2.28. The van der Waals surface area contributed by atoms with Crippen LogP contribution >= 0.6 is 11.3 Å². The molecule has 0 unspecified atom stereocenters. The molecule has 1 aliphatic rings. The number of benzene rings is 1. The molecule has 1 fully saturated rings. The normalized spacial score (nSPS) is 19.0. The largest absolute Gasteiger partial charge is 0.462 e. The minimum atomic E-state index is -0.490. The Labute approximate surface area is 174 Å². The summed E-state index contributed by atoms with van der Waals surface area (Å²) in [6, 6.07) is 5.93. The number of anilines is 1. The van der Waals surface area contributed by atoms with Gasteiger partial charge in [0.05, 0.1) is 13.2 Å². The second-order valence-electron chi connectivity index (χ2n) is 7.16. The highest BCUT2D eigenvalue weighted by molar-refractivity contribution is 7.15. The molecular formula is C21H28FN3O3S+2. The van der Waals surface area contributed by atoms with Gasteiger partial charge in [-0.25, -0.2) is 9.18 Å². The Morgan fingerprint density at radius 3 is 2.38 bits per heavy atom. The average Bonchev–Trinajstić information content (AvgIpc) is 3.12. The summed E-state index contributed by atoms with van der Waals surface area (Å²) in [5.41, 5.74) is 1.67. The van der Waals surface area contributed by atoms with Crippen LogP contribution in [0.1, 0.15) is 24.2 Å². The minimum Gasteiger partial charge on any atom is -0.462 e. The van der Waals surface area contributed by atoms with Gasteiger partial charge < -0.3 is 19.9 Å². The van der Waals surface area contributed by atoms with Crippen LogP contribution in [0, 0.1) is 5.82 Å². The summed E-state index contributed by atoms with van der Waals surface area (Å²) >= 11 is 1.28. The predicted molar refractivity (Wildman–Crippen MR) is 111 cm³/mol. The van der Waals surface area contributed by atoms with Crippen LogP contribution in [0.15, 0.2) is 29.6 Å². The van der Waals surface area contributed by atoms with E-state index in [4.69, 9.17) is 4.74 Å². The quantitative estimate of drug-likeness (QED) is 0.570. The molecule has 0 bridgehead atoms. The molecule has 6 nitrogen and oxygen atoms in total. The summed E-state index contributed by atoms with van der Waals surface area (Å²) in [6.45, 7) is 9.72. The molecule has 1 saturated heterocycles. The molecule has 29 heavy (non-hydrogen) atoms. The average molecular weight is 422 g/mol. The van der Waals surface area contributed by atoms with Gasteiger partial charge in [-0.05, 0) is 31.5 Å². The molecule has 1 aliphatic heterocycles. The molecule has 2 heterocycles. The third kappa shape index (κ3) is 5.41. The van der Waals surface area contributed by atoms with Crippen LogP contribution < -0.4 is 15.1 Å². The van der Waals surface area contributed by atoms with Gasteiger partial charge in [-0.3, -0.25) is 4.79 Å². The number of thiophene rings is 1. The van der Waals surface area contributed by atoms with Crippen molar-refractivity contribution < 1.29 is 28.5 Å². The molecule has 1 aromatic carbocycles. The summed E-state index contributed by atoms with van der Waals surface area (Å²) in [5.74, 6) is -0.947. The van der Waals surface area contributed by atoms with E-state index < -0.39 is 5.97 Å². The molecule has 0 spiro atoms. The van der Waals surface area contributed by atoms with E-state index >= 15 is 0 Å². The van der Waals surface area contributed by atoms with Crippen molar-refractivity contribution in [3.63, 3.8) is 0 Å². The standard InChI is InChI=1S/C21H26FN3O3S/c1-3-24-9-11-25(12-10-24)13-18(26)23-20-19(21(27)28-4-2)17(14-29-20)15-5-7-16(22)8-6-15/h5-8,14H,3-4,9-13H2,1-2H3,(H,23,26)/p+2. The zero-order valence-electron chi connectivity index (χ0n) is 16.8. The molecule has 8 heteroatoms. The maximum atomic E-state index is 13.3. The van der Waals surface area contributed by atoms with Gasteiger partial charge in [-0.1, -0.05) is 12.1 Å². The number of nitrogens with one attached hydrogen (secondary N) is 3. The van der Waals surface area contributed by atoms with Crippen LogP contribution in [-0.2, 0) is 9.53 Å². The number of esters is 1. The van der Waals surface area contributed by atoms with Gasteiger partial charge >= 0.3 is 5.97 Å². The Morgan fingerprint density at radius 1 is 1.10 bits per heavy atom. The van der Waals surface area contributed by atoms with Crippen LogP contribution in [0.3, 0.4) is 0 Å². The molecule has 3 rings (SSSR count). The zero-order chi connectivity index (χ0) is 20.8.